The first-order valence-electron chi connectivity index (χ1n) is 6.49. The lowest BCUT2D eigenvalue weighted by atomic mass is 9.90. The second kappa shape index (κ2) is 4.61. The molecule has 0 unspecified atom stereocenters. The number of ether oxygens (including phenoxy) is 1. The molecule has 2 bridgehead atoms. The average molecular weight is 251 g/mol. The molecule has 2 aliphatic rings. The zero-order valence-electron chi connectivity index (χ0n) is 10.5. The summed E-state index contributed by atoms with van der Waals surface area (Å²) in [6, 6.07) is 9.80. The van der Waals surface area contributed by atoms with Crippen molar-refractivity contribution in [3.05, 3.63) is 35.9 Å². The van der Waals surface area contributed by atoms with Gasteiger partial charge in [-0.1, -0.05) is 37.3 Å². The summed E-state index contributed by atoms with van der Waals surface area (Å²) in [5.74, 6) is 0. The highest BCUT2D eigenvalue weighted by molar-refractivity contribution is 5.15. The summed E-state index contributed by atoms with van der Waals surface area (Å²) in [5.41, 5.74) is -0.162. The molecule has 1 aromatic carbocycles. The van der Waals surface area contributed by atoms with Crippen LogP contribution in [0.2, 0.25) is 0 Å². The van der Waals surface area contributed by atoms with Crippen molar-refractivity contribution in [1.82, 2.24) is 5.06 Å². The molecule has 18 heavy (non-hydrogen) atoms. The molecule has 0 N–H and O–H groups in total. The molecule has 0 amide bonds. The molecule has 2 aliphatic heterocycles. The summed E-state index contributed by atoms with van der Waals surface area (Å²) < 4.78 is 20.1. The Bertz CT molecular complexity index is 414. The minimum Gasteiger partial charge on any atom is -0.347 e. The summed E-state index contributed by atoms with van der Waals surface area (Å²) in [7, 11) is 0. The van der Waals surface area contributed by atoms with E-state index in [2.05, 4.69) is 0 Å². The van der Waals surface area contributed by atoms with E-state index in [1.54, 1.807) is 5.06 Å². The van der Waals surface area contributed by atoms with Crippen LogP contribution in [-0.4, -0.2) is 29.7 Å². The van der Waals surface area contributed by atoms with Gasteiger partial charge in [0.25, 0.3) is 0 Å². The Kier molecular flexibility index (Phi) is 3.09. The maximum Gasteiger partial charge on any atom is 0.179 e. The fourth-order valence-electron chi connectivity index (χ4n) is 2.71. The third-order valence-corrected chi connectivity index (χ3v) is 3.89. The van der Waals surface area contributed by atoms with E-state index < -0.39 is 5.67 Å². The Balaban J connectivity index is 1.77. The summed E-state index contributed by atoms with van der Waals surface area (Å²) in [4.78, 5) is 5.66. The number of alkyl halides is 1. The SMILES string of the molecule is CC[C@]1(F)CO[C@@H]2C[C@H]1N(Cc1ccccc1)O2. The van der Waals surface area contributed by atoms with Crippen LogP contribution < -0.4 is 0 Å². The number of hydrogen-bond donors (Lipinski definition) is 0. The lowest BCUT2D eigenvalue weighted by Crippen LogP contribution is -2.50. The molecule has 2 saturated heterocycles. The van der Waals surface area contributed by atoms with E-state index in [0.717, 1.165) is 5.56 Å². The maximum atomic E-state index is 14.7. The Morgan fingerprint density at radius 1 is 1.39 bits per heavy atom. The minimum absolute atomic E-state index is 0.143. The normalized spacial score (nSPS) is 35.9. The summed E-state index contributed by atoms with van der Waals surface area (Å²) in [6.07, 6.45) is 0.810. The summed E-state index contributed by atoms with van der Waals surface area (Å²) >= 11 is 0. The van der Waals surface area contributed by atoms with E-state index in [1.165, 1.54) is 0 Å². The van der Waals surface area contributed by atoms with Crippen LogP contribution in [0.25, 0.3) is 0 Å². The van der Waals surface area contributed by atoms with Crippen LogP contribution in [0, 0.1) is 0 Å². The Morgan fingerprint density at radius 2 is 2.17 bits per heavy atom. The number of hydrogen-bond acceptors (Lipinski definition) is 3. The van der Waals surface area contributed by atoms with Gasteiger partial charge in [0.05, 0.1) is 12.6 Å². The van der Waals surface area contributed by atoms with E-state index in [4.69, 9.17) is 9.57 Å². The zero-order chi connectivity index (χ0) is 12.6. The molecule has 2 fully saturated rings. The second-order valence-corrected chi connectivity index (χ2v) is 5.05. The number of halogens is 1. The van der Waals surface area contributed by atoms with Crippen molar-refractivity contribution in [2.45, 2.75) is 44.3 Å². The number of nitrogens with zero attached hydrogens (tertiary/aromatic N) is 1. The molecule has 3 atom stereocenters. The summed E-state index contributed by atoms with van der Waals surface area (Å²) in [6.45, 7) is 2.61. The monoisotopic (exact) mass is 251 g/mol. The van der Waals surface area contributed by atoms with E-state index in [-0.39, 0.29) is 18.9 Å². The lowest BCUT2D eigenvalue weighted by molar-refractivity contribution is -0.228. The van der Waals surface area contributed by atoms with Gasteiger partial charge in [-0.15, -0.1) is 0 Å². The van der Waals surface area contributed by atoms with Gasteiger partial charge < -0.3 is 4.74 Å². The Morgan fingerprint density at radius 3 is 2.89 bits per heavy atom. The van der Waals surface area contributed by atoms with Gasteiger partial charge in [0.2, 0.25) is 0 Å². The molecule has 0 radical (unpaired) electrons. The van der Waals surface area contributed by atoms with Gasteiger partial charge in [-0.2, -0.15) is 5.06 Å². The molecular formula is C14H18FNO2. The fourth-order valence-corrected chi connectivity index (χ4v) is 2.71. The number of benzene rings is 1. The highest BCUT2D eigenvalue weighted by Gasteiger charge is 2.52. The first kappa shape index (κ1) is 12.1. The van der Waals surface area contributed by atoms with Crippen LogP contribution in [0.1, 0.15) is 25.3 Å². The number of fused-ring (bicyclic) bond motifs is 2. The third kappa shape index (κ3) is 2.05. The van der Waals surface area contributed by atoms with Crippen LogP contribution in [0.4, 0.5) is 4.39 Å². The van der Waals surface area contributed by atoms with Crippen molar-refractivity contribution >= 4 is 0 Å². The predicted octanol–water partition coefficient (Wildman–Crippen LogP) is 2.67. The lowest BCUT2D eigenvalue weighted by Gasteiger charge is -2.35. The smallest absolute Gasteiger partial charge is 0.179 e. The topological polar surface area (TPSA) is 21.7 Å². The molecule has 2 heterocycles. The van der Waals surface area contributed by atoms with Crippen LogP contribution in [0.15, 0.2) is 30.3 Å². The molecule has 0 aliphatic carbocycles. The highest BCUT2D eigenvalue weighted by atomic mass is 19.1. The quantitative estimate of drug-likeness (QED) is 0.824. The standard InChI is InChI=1S/C14H18FNO2/c1-2-14(15)10-17-13-8-12(14)16(18-13)9-11-6-4-3-5-7-11/h3-7,12-13H,2,8-10H2,1H3/t12-,13+,14+/m1/s1. The molecule has 1 aromatic rings. The van der Waals surface area contributed by atoms with Gasteiger partial charge in [0.15, 0.2) is 12.0 Å². The molecule has 0 aromatic heterocycles. The Hall–Kier alpha value is -0.970. The van der Waals surface area contributed by atoms with Crippen molar-refractivity contribution < 1.29 is 14.0 Å². The second-order valence-electron chi connectivity index (χ2n) is 5.05. The average Bonchev–Trinajstić information content (AvgIpc) is 2.76. The van der Waals surface area contributed by atoms with Crippen LogP contribution in [-0.2, 0) is 16.1 Å². The van der Waals surface area contributed by atoms with E-state index in [9.17, 15) is 4.39 Å². The van der Waals surface area contributed by atoms with Crippen molar-refractivity contribution in [3.63, 3.8) is 0 Å². The van der Waals surface area contributed by atoms with E-state index >= 15 is 0 Å². The Labute approximate surface area is 106 Å². The van der Waals surface area contributed by atoms with Gasteiger partial charge >= 0.3 is 0 Å². The third-order valence-electron chi connectivity index (χ3n) is 3.89. The fraction of sp³-hybridized carbons (Fsp3) is 0.571. The van der Waals surface area contributed by atoms with Crippen LogP contribution in [0.5, 0.6) is 0 Å². The van der Waals surface area contributed by atoms with Crippen molar-refractivity contribution in [2.75, 3.05) is 6.61 Å². The minimum atomic E-state index is -1.29. The zero-order valence-corrected chi connectivity index (χ0v) is 10.5. The van der Waals surface area contributed by atoms with Gasteiger partial charge in [-0.25, -0.2) is 4.39 Å². The molecule has 0 spiro atoms. The summed E-state index contributed by atoms with van der Waals surface area (Å²) in [5, 5.41) is 1.76. The van der Waals surface area contributed by atoms with E-state index in [0.29, 0.717) is 19.4 Å². The molecule has 0 saturated carbocycles. The molecule has 3 rings (SSSR count). The number of hydroxylamine groups is 2. The van der Waals surface area contributed by atoms with Crippen molar-refractivity contribution in [3.8, 4) is 0 Å². The molecule has 98 valence electrons. The highest BCUT2D eigenvalue weighted by Crippen LogP contribution is 2.40. The largest absolute Gasteiger partial charge is 0.347 e. The van der Waals surface area contributed by atoms with Crippen LogP contribution >= 0.6 is 0 Å². The van der Waals surface area contributed by atoms with Gasteiger partial charge in [0, 0.05) is 13.0 Å². The van der Waals surface area contributed by atoms with Crippen molar-refractivity contribution in [2.24, 2.45) is 0 Å². The van der Waals surface area contributed by atoms with Gasteiger partial charge in [0.1, 0.15) is 0 Å². The van der Waals surface area contributed by atoms with Gasteiger partial charge in [-0.05, 0) is 12.0 Å². The predicted molar refractivity (Wildman–Crippen MR) is 65.3 cm³/mol. The molecule has 3 nitrogen and oxygen atoms in total. The molecular weight excluding hydrogens is 233 g/mol. The molecule has 4 heteroatoms. The first-order valence-corrected chi connectivity index (χ1v) is 6.49. The van der Waals surface area contributed by atoms with Crippen LogP contribution in [0.3, 0.4) is 0 Å². The number of rotatable bonds is 3. The maximum absolute atomic E-state index is 14.7. The van der Waals surface area contributed by atoms with Gasteiger partial charge in [-0.3, -0.25) is 4.84 Å². The first-order chi connectivity index (χ1) is 8.71. The van der Waals surface area contributed by atoms with E-state index in [1.807, 2.05) is 37.3 Å². The van der Waals surface area contributed by atoms with Crippen molar-refractivity contribution in [1.29, 1.82) is 0 Å².